The summed E-state index contributed by atoms with van der Waals surface area (Å²) in [7, 11) is 4.11. The predicted molar refractivity (Wildman–Crippen MR) is 102 cm³/mol. The van der Waals surface area contributed by atoms with Crippen LogP contribution in [0.2, 0.25) is 0 Å². The average Bonchev–Trinajstić information content (AvgIpc) is 3.01. The van der Waals surface area contributed by atoms with Gasteiger partial charge in [-0.05, 0) is 32.3 Å². The van der Waals surface area contributed by atoms with Crippen LogP contribution in [-0.2, 0) is 0 Å². The van der Waals surface area contributed by atoms with E-state index in [4.69, 9.17) is 9.97 Å². The molecule has 6 nitrogen and oxygen atoms in total. The molecule has 3 heterocycles. The number of benzene rings is 1. The smallest absolute Gasteiger partial charge is 0.180 e. The minimum Gasteiger partial charge on any atom is -0.367 e. The minimum atomic E-state index is 0.630. The van der Waals surface area contributed by atoms with Gasteiger partial charge in [-0.2, -0.15) is 0 Å². The second kappa shape index (κ2) is 6.49. The Morgan fingerprint density at radius 2 is 1.88 bits per heavy atom. The van der Waals surface area contributed by atoms with E-state index in [1.54, 1.807) is 6.20 Å². The molecule has 0 fully saturated rings. The van der Waals surface area contributed by atoms with Crippen molar-refractivity contribution < 1.29 is 0 Å². The van der Waals surface area contributed by atoms with Gasteiger partial charge in [0.2, 0.25) is 0 Å². The zero-order valence-electron chi connectivity index (χ0n) is 14.3. The van der Waals surface area contributed by atoms with Gasteiger partial charge in [-0.1, -0.05) is 24.3 Å². The number of likely N-dealkylation sites (N-methyl/N-ethyl adjacent to an activating group) is 1. The first-order valence-electron chi connectivity index (χ1n) is 8.31. The molecule has 0 atom stereocenters. The van der Waals surface area contributed by atoms with Gasteiger partial charge in [0, 0.05) is 30.2 Å². The van der Waals surface area contributed by atoms with Gasteiger partial charge in [0.05, 0.1) is 0 Å². The van der Waals surface area contributed by atoms with Crippen molar-refractivity contribution in [2.24, 2.45) is 0 Å². The molecule has 1 aromatic carbocycles. The highest BCUT2D eigenvalue weighted by Crippen LogP contribution is 2.29. The van der Waals surface area contributed by atoms with E-state index in [1.807, 2.05) is 30.3 Å². The van der Waals surface area contributed by atoms with Crippen molar-refractivity contribution in [2.45, 2.75) is 0 Å². The van der Waals surface area contributed by atoms with E-state index in [0.29, 0.717) is 5.82 Å². The second-order valence-electron chi connectivity index (χ2n) is 6.24. The first-order chi connectivity index (χ1) is 12.2. The van der Waals surface area contributed by atoms with Crippen LogP contribution in [0, 0.1) is 0 Å². The van der Waals surface area contributed by atoms with Crippen LogP contribution >= 0.6 is 0 Å². The van der Waals surface area contributed by atoms with Gasteiger partial charge in [-0.15, -0.1) is 0 Å². The third-order valence-corrected chi connectivity index (χ3v) is 4.10. The number of para-hydroxylation sites is 1. The molecule has 6 heteroatoms. The average molecular weight is 332 g/mol. The number of pyridine rings is 1. The Kier molecular flexibility index (Phi) is 4.03. The van der Waals surface area contributed by atoms with Crippen LogP contribution in [0.4, 0.5) is 5.82 Å². The molecule has 0 aliphatic heterocycles. The number of hydrogen-bond donors (Lipinski definition) is 2. The molecule has 0 aliphatic carbocycles. The Balaban J connectivity index is 1.87. The topological polar surface area (TPSA) is 69.7 Å². The molecule has 4 rings (SSSR count). The summed E-state index contributed by atoms with van der Waals surface area (Å²) in [6.07, 6.45) is 1.76. The van der Waals surface area contributed by atoms with Crippen LogP contribution in [-0.4, -0.2) is 52.0 Å². The third kappa shape index (κ3) is 3.04. The standard InChI is InChI=1S/C19H20N6/c1-25(2)12-11-21-19-17-16(13-7-3-4-8-14(13)22-17)23-18(24-19)15-9-5-6-10-20-15/h3-10,22H,11-12H2,1-2H3,(H,21,23,24). The van der Waals surface area contributed by atoms with Crippen molar-refractivity contribution in [2.75, 3.05) is 32.5 Å². The summed E-state index contributed by atoms with van der Waals surface area (Å²) in [6, 6.07) is 13.9. The molecule has 2 N–H and O–H groups in total. The van der Waals surface area contributed by atoms with Gasteiger partial charge in [0.25, 0.3) is 0 Å². The Morgan fingerprint density at radius 1 is 1.04 bits per heavy atom. The molecule has 0 aliphatic rings. The van der Waals surface area contributed by atoms with E-state index in [0.717, 1.165) is 46.5 Å². The summed E-state index contributed by atoms with van der Waals surface area (Å²) in [5.41, 5.74) is 3.67. The highest BCUT2D eigenvalue weighted by atomic mass is 15.1. The molecule has 25 heavy (non-hydrogen) atoms. The molecule has 3 aromatic heterocycles. The van der Waals surface area contributed by atoms with E-state index < -0.39 is 0 Å². The highest BCUT2D eigenvalue weighted by molar-refractivity contribution is 6.08. The van der Waals surface area contributed by atoms with E-state index >= 15 is 0 Å². The maximum Gasteiger partial charge on any atom is 0.180 e. The number of nitrogens with zero attached hydrogens (tertiary/aromatic N) is 4. The molecule has 0 spiro atoms. The summed E-state index contributed by atoms with van der Waals surface area (Å²) < 4.78 is 0. The largest absolute Gasteiger partial charge is 0.367 e. The molecule has 0 saturated carbocycles. The number of nitrogens with one attached hydrogen (secondary N) is 2. The summed E-state index contributed by atoms with van der Waals surface area (Å²) in [4.78, 5) is 19.5. The first-order valence-corrected chi connectivity index (χ1v) is 8.31. The van der Waals surface area contributed by atoms with Crippen molar-refractivity contribution in [3.05, 3.63) is 48.7 Å². The van der Waals surface area contributed by atoms with Crippen LogP contribution in [0.15, 0.2) is 48.7 Å². The maximum absolute atomic E-state index is 4.78. The van der Waals surface area contributed by atoms with Crippen LogP contribution in [0.25, 0.3) is 33.5 Å². The SMILES string of the molecule is CN(C)CCNc1nc(-c2ccccn2)nc2c1[nH]c1ccccc12. The van der Waals surface area contributed by atoms with Crippen LogP contribution < -0.4 is 5.32 Å². The maximum atomic E-state index is 4.78. The lowest BCUT2D eigenvalue weighted by Crippen LogP contribution is -2.21. The molecule has 0 bridgehead atoms. The summed E-state index contributed by atoms with van der Waals surface area (Å²) >= 11 is 0. The Labute approximate surface area is 145 Å². The fourth-order valence-corrected chi connectivity index (χ4v) is 2.84. The highest BCUT2D eigenvalue weighted by Gasteiger charge is 2.14. The monoisotopic (exact) mass is 332 g/mol. The zero-order valence-corrected chi connectivity index (χ0v) is 14.3. The van der Waals surface area contributed by atoms with Crippen LogP contribution in [0.3, 0.4) is 0 Å². The molecule has 0 saturated heterocycles. The van der Waals surface area contributed by atoms with Crippen LogP contribution in [0.5, 0.6) is 0 Å². The van der Waals surface area contributed by atoms with Crippen LogP contribution in [0.1, 0.15) is 0 Å². The lowest BCUT2D eigenvalue weighted by Gasteiger charge is -2.12. The van der Waals surface area contributed by atoms with E-state index in [9.17, 15) is 0 Å². The van der Waals surface area contributed by atoms with Gasteiger partial charge >= 0.3 is 0 Å². The first kappa shape index (κ1) is 15.5. The summed E-state index contributed by atoms with van der Waals surface area (Å²) in [5, 5.41) is 4.53. The Morgan fingerprint density at radius 3 is 2.68 bits per heavy atom. The molecular formula is C19H20N6. The van der Waals surface area contributed by atoms with Crippen molar-refractivity contribution in [3.8, 4) is 11.5 Å². The normalized spacial score (nSPS) is 11.5. The van der Waals surface area contributed by atoms with Crippen molar-refractivity contribution in [1.82, 2.24) is 24.8 Å². The second-order valence-corrected chi connectivity index (χ2v) is 6.24. The number of H-pyrrole nitrogens is 1. The molecular weight excluding hydrogens is 312 g/mol. The van der Waals surface area contributed by atoms with Crippen molar-refractivity contribution in [3.63, 3.8) is 0 Å². The minimum absolute atomic E-state index is 0.630. The predicted octanol–water partition coefficient (Wildman–Crippen LogP) is 3.15. The number of hydrogen-bond acceptors (Lipinski definition) is 5. The molecule has 0 amide bonds. The zero-order chi connectivity index (χ0) is 17.2. The fraction of sp³-hybridized carbons (Fsp3) is 0.211. The summed E-state index contributed by atoms with van der Waals surface area (Å²) in [6.45, 7) is 1.72. The van der Waals surface area contributed by atoms with Gasteiger partial charge in [0.15, 0.2) is 11.6 Å². The number of rotatable bonds is 5. The summed E-state index contributed by atoms with van der Waals surface area (Å²) in [5.74, 6) is 1.44. The Bertz CT molecular complexity index is 1010. The molecule has 0 radical (unpaired) electrons. The number of fused-ring (bicyclic) bond motifs is 3. The molecule has 126 valence electrons. The van der Waals surface area contributed by atoms with Crippen molar-refractivity contribution >= 4 is 27.8 Å². The van der Waals surface area contributed by atoms with Gasteiger partial charge < -0.3 is 15.2 Å². The number of anilines is 1. The van der Waals surface area contributed by atoms with E-state index in [1.165, 1.54) is 0 Å². The van der Waals surface area contributed by atoms with Gasteiger partial charge in [0.1, 0.15) is 16.7 Å². The van der Waals surface area contributed by atoms with E-state index in [-0.39, 0.29) is 0 Å². The molecule has 4 aromatic rings. The number of aromatic amines is 1. The lowest BCUT2D eigenvalue weighted by atomic mass is 10.2. The number of aromatic nitrogens is 4. The quantitative estimate of drug-likeness (QED) is 0.587. The fourth-order valence-electron chi connectivity index (χ4n) is 2.84. The van der Waals surface area contributed by atoms with Gasteiger partial charge in [-0.25, -0.2) is 9.97 Å². The lowest BCUT2D eigenvalue weighted by molar-refractivity contribution is 0.425. The Hall–Kier alpha value is -2.99. The molecule has 0 unspecified atom stereocenters. The third-order valence-electron chi connectivity index (χ3n) is 4.10. The van der Waals surface area contributed by atoms with Gasteiger partial charge in [-0.3, -0.25) is 4.98 Å². The van der Waals surface area contributed by atoms with E-state index in [2.05, 4.69) is 46.4 Å². The van der Waals surface area contributed by atoms with Crippen molar-refractivity contribution in [1.29, 1.82) is 0 Å².